The van der Waals surface area contributed by atoms with Gasteiger partial charge in [-0.25, -0.2) is 9.69 Å². The predicted molar refractivity (Wildman–Crippen MR) is 130 cm³/mol. The van der Waals surface area contributed by atoms with Crippen molar-refractivity contribution in [1.82, 2.24) is 4.90 Å². The van der Waals surface area contributed by atoms with Crippen LogP contribution in [0, 0.1) is 0 Å². The molecule has 3 aliphatic rings. The number of fused-ring (bicyclic) bond motifs is 2. The lowest BCUT2D eigenvalue weighted by molar-refractivity contribution is 0.0489. The van der Waals surface area contributed by atoms with Crippen molar-refractivity contribution in [2.24, 2.45) is 0 Å². The van der Waals surface area contributed by atoms with Gasteiger partial charge < -0.3 is 24.2 Å². The van der Waals surface area contributed by atoms with Gasteiger partial charge >= 0.3 is 6.09 Å². The van der Waals surface area contributed by atoms with Gasteiger partial charge in [0.1, 0.15) is 6.61 Å². The van der Waals surface area contributed by atoms with Crippen LogP contribution in [0.3, 0.4) is 0 Å². The molecule has 2 amide bonds. The number of hydrogen-bond donors (Lipinski definition) is 1. The number of amides is 2. The first-order valence-corrected chi connectivity index (χ1v) is 13.1. The number of aliphatic hydroxyl groups excluding tert-OH is 1. The number of rotatable bonds is 7. The molecule has 2 heterocycles. The Morgan fingerprint density at radius 2 is 1.94 bits per heavy atom. The summed E-state index contributed by atoms with van der Waals surface area (Å²) in [6.07, 6.45) is 0.383. The summed E-state index contributed by atoms with van der Waals surface area (Å²) in [7, 11) is 6.48. The Kier molecular flexibility index (Phi) is 6.80. The number of carbonyl (C=O) groups is 2. The van der Waals surface area contributed by atoms with Gasteiger partial charge in [-0.1, -0.05) is 47.6 Å². The molecule has 1 saturated heterocycles. The van der Waals surface area contributed by atoms with Crippen LogP contribution in [-0.2, 0) is 4.74 Å². The maximum atomic E-state index is 13.4. The van der Waals surface area contributed by atoms with Crippen molar-refractivity contribution in [3.8, 4) is 11.5 Å². The Labute approximate surface area is 202 Å². The molecule has 1 aromatic carbocycles. The third-order valence-corrected chi connectivity index (χ3v) is 9.90. The van der Waals surface area contributed by atoms with E-state index < -0.39 is 18.4 Å². The smallest absolute Gasteiger partial charge is 0.416 e. The molecule has 1 aliphatic carbocycles. The second kappa shape index (κ2) is 9.31. The standard InChI is InChI=1S/C23H30N2O6S2/c1-13(2)32-33-23(6-7-23)12-31-22(28)25-16-10-19(30-5)18(29-4)9-15(16)20(26)24-11-14(3)8-17(24)21(25)27/h9-10,13,17,21,27H,3,6-8,11-12H2,1-2,4-5H3. The number of carbonyl (C=O) groups excluding carboxylic acids is 2. The summed E-state index contributed by atoms with van der Waals surface area (Å²) in [4.78, 5) is 29.5. The number of ether oxygens (including phenoxy) is 3. The number of hydrogen-bond acceptors (Lipinski definition) is 8. The van der Waals surface area contributed by atoms with E-state index >= 15 is 0 Å². The minimum Gasteiger partial charge on any atom is -0.493 e. The molecule has 2 unspecified atom stereocenters. The number of aliphatic hydroxyl groups is 1. The van der Waals surface area contributed by atoms with Crippen LogP contribution in [-0.4, -0.2) is 71.6 Å². The van der Waals surface area contributed by atoms with E-state index in [2.05, 4.69) is 20.4 Å². The fourth-order valence-corrected chi connectivity index (χ4v) is 6.69. The highest BCUT2D eigenvalue weighted by Crippen LogP contribution is 2.54. The molecule has 0 spiro atoms. The summed E-state index contributed by atoms with van der Waals surface area (Å²) in [5.74, 6) is 0.414. The van der Waals surface area contributed by atoms with E-state index in [-0.39, 0.29) is 28.5 Å². The zero-order valence-electron chi connectivity index (χ0n) is 19.3. The van der Waals surface area contributed by atoms with Gasteiger partial charge in [0.15, 0.2) is 17.7 Å². The Morgan fingerprint density at radius 3 is 2.55 bits per heavy atom. The second-order valence-corrected chi connectivity index (χ2v) is 12.2. The van der Waals surface area contributed by atoms with E-state index in [1.54, 1.807) is 38.6 Å². The van der Waals surface area contributed by atoms with Crippen LogP contribution in [0.5, 0.6) is 11.5 Å². The van der Waals surface area contributed by atoms with Crippen molar-refractivity contribution < 1.29 is 28.9 Å². The number of benzene rings is 1. The second-order valence-electron chi connectivity index (χ2n) is 8.93. The van der Waals surface area contributed by atoms with Crippen LogP contribution in [0.1, 0.15) is 43.5 Å². The van der Waals surface area contributed by atoms with E-state index in [0.717, 1.165) is 18.4 Å². The average Bonchev–Trinajstić information content (AvgIpc) is 3.48. The quantitative estimate of drug-likeness (QED) is 0.448. The van der Waals surface area contributed by atoms with Crippen LogP contribution in [0.2, 0.25) is 0 Å². The molecule has 1 saturated carbocycles. The lowest BCUT2D eigenvalue weighted by Crippen LogP contribution is -2.51. The minimum atomic E-state index is -1.28. The van der Waals surface area contributed by atoms with Crippen LogP contribution >= 0.6 is 21.6 Å². The minimum absolute atomic E-state index is 0.0919. The molecule has 2 aliphatic heterocycles. The molecular formula is C23H30N2O6S2. The first kappa shape index (κ1) is 24.1. The van der Waals surface area contributed by atoms with Gasteiger partial charge in [-0.15, -0.1) is 0 Å². The van der Waals surface area contributed by atoms with Crippen molar-refractivity contribution in [3.63, 3.8) is 0 Å². The maximum Gasteiger partial charge on any atom is 0.416 e. The first-order valence-electron chi connectivity index (χ1n) is 10.9. The van der Waals surface area contributed by atoms with Crippen molar-refractivity contribution in [2.45, 2.75) is 55.4 Å². The van der Waals surface area contributed by atoms with Crippen molar-refractivity contribution >= 4 is 39.3 Å². The molecule has 33 heavy (non-hydrogen) atoms. The first-order chi connectivity index (χ1) is 15.7. The van der Waals surface area contributed by atoms with Crippen LogP contribution in [0.4, 0.5) is 10.5 Å². The van der Waals surface area contributed by atoms with E-state index in [9.17, 15) is 14.7 Å². The van der Waals surface area contributed by atoms with Gasteiger partial charge in [-0.05, 0) is 25.3 Å². The SMILES string of the molecule is C=C1CC2C(O)N(C(=O)OCC3(SSC(C)C)CC3)c3cc(OC)c(OC)cc3C(=O)N2C1. The molecule has 0 radical (unpaired) electrons. The molecule has 1 N–H and O–H groups in total. The zero-order valence-corrected chi connectivity index (χ0v) is 21.0. The van der Waals surface area contributed by atoms with Gasteiger partial charge in [0, 0.05) is 17.9 Å². The van der Waals surface area contributed by atoms with Crippen molar-refractivity contribution in [2.75, 3.05) is 32.3 Å². The number of methoxy groups -OCH3 is 2. The molecule has 2 atom stereocenters. The third-order valence-electron chi connectivity index (χ3n) is 6.03. The summed E-state index contributed by atoms with van der Waals surface area (Å²) in [5.41, 5.74) is 1.31. The fourth-order valence-electron chi connectivity index (χ4n) is 4.08. The molecule has 0 bridgehead atoms. The number of nitrogens with zero attached hydrogens (tertiary/aromatic N) is 2. The lowest BCUT2D eigenvalue weighted by atomic mass is 10.1. The lowest BCUT2D eigenvalue weighted by Gasteiger charge is -2.32. The molecule has 4 rings (SSSR count). The summed E-state index contributed by atoms with van der Waals surface area (Å²) < 4.78 is 16.4. The Balaban J connectivity index is 1.67. The summed E-state index contributed by atoms with van der Waals surface area (Å²) in [6, 6.07) is 2.48. The van der Waals surface area contributed by atoms with Crippen LogP contribution in [0.25, 0.3) is 0 Å². The summed E-state index contributed by atoms with van der Waals surface area (Å²) in [6.45, 7) is 8.82. The van der Waals surface area contributed by atoms with Crippen LogP contribution in [0.15, 0.2) is 24.3 Å². The van der Waals surface area contributed by atoms with Gasteiger partial charge in [0.05, 0.1) is 36.3 Å². The molecule has 1 aromatic rings. The average molecular weight is 495 g/mol. The highest BCUT2D eigenvalue weighted by Gasteiger charge is 2.49. The molecule has 0 aromatic heterocycles. The molecule has 8 nitrogen and oxygen atoms in total. The van der Waals surface area contributed by atoms with E-state index in [1.807, 2.05) is 0 Å². The molecule has 10 heteroatoms. The van der Waals surface area contributed by atoms with E-state index in [1.165, 1.54) is 19.1 Å². The Morgan fingerprint density at radius 1 is 1.27 bits per heavy atom. The molecule has 180 valence electrons. The fraction of sp³-hybridized carbons (Fsp3) is 0.565. The monoisotopic (exact) mass is 494 g/mol. The van der Waals surface area contributed by atoms with E-state index in [0.29, 0.717) is 29.7 Å². The van der Waals surface area contributed by atoms with Gasteiger partial charge in [0.2, 0.25) is 0 Å². The van der Waals surface area contributed by atoms with Gasteiger partial charge in [-0.3, -0.25) is 4.79 Å². The predicted octanol–water partition coefficient (Wildman–Crippen LogP) is 4.07. The largest absolute Gasteiger partial charge is 0.493 e. The van der Waals surface area contributed by atoms with Crippen molar-refractivity contribution in [1.29, 1.82) is 0 Å². The summed E-state index contributed by atoms with van der Waals surface area (Å²) in [5, 5.41) is 11.8. The molecule has 2 fully saturated rings. The highest BCUT2D eigenvalue weighted by molar-refractivity contribution is 8.77. The Bertz CT molecular complexity index is 965. The normalized spacial score (nSPS) is 23.2. The Hall–Kier alpha value is -2.04. The number of anilines is 1. The summed E-state index contributed by atoms with van der Waals surface area (Å²) >= 11 is 0. The van der Waals surface area contributed by atoms with Crippen LogP contribution < -0.4 is 14.4 Å². The zero-order chi connectivity index (χ0) is 23.9. The topological polar surface area (TPSA) is 88.5 Å². The van der Waals surface area contributed by atoms with E-state index in [4.69, 9.17) is 14.2 Å². The van der Waals surface area contributed by atoms with Crippen molar-refractivity contribution in [3.05, 3.63) is 29.8 Å². The van der Waals surface area contributed by atoms with Gasteiger partial charge in [-0.2, -0.15) is 0 Å². The highest BCUT2D eigenvalue weighted by atomic mass is 33.1. The molecular weight excluding hydrogens is 464 g/mol. The third kappa shape index (κ3) is 4.65. The maximum absolute atomic E-state index is 13.4. The van der Waals surface area contributed by atoms with Gasteiger partial charge in [0.25, 0.3) is 5.91 Å².